The van der Waals surface area contributed by atoms with Crippen molar-refractivity contribution in [3.63, 3.8) is 0 Å². The minimum Gasteiger partial charge on any atom is -0.308 e. The molecule has 0 aromatic heterocycles. The average Bonchev–Trinajstić information content (AvgIpc) is 2.10. The Bertz CT molecular complexity index is 339. The molecule has 1 N–H and O–H groups in total. The molecule has 0 aliphatic rings. The van der Waals surface area contributed by atoms with Gasteiger partial charge >= 0.3 is 0 Å². The van der Waals surface area contributed by atoms with E-state index in [0.29, 0.717) is 12.1 Å². The van der Waals surface area contributed by atoms with Crippen LogP contribution in [0.5, 0.6) is 0 Å². The average molecular weight is 262 g/mol. The van der Waals surface area contributed by atoms with Gasteiger partial charge in [-0.05, 0) is 18.2 Å². The Morgan fingerprint density at radius 1 is 1.43 bits per heavy atom. The quantitative estimate of drug-likeness (QED) is 0.879. The predicted octanol–water partition coefficient (Wildman–Crippen LogP) is 2.96. The van der Waals surface area contributed by atoms with Crippen LogP contribution in [0.25, 0.3) is 0 Å². The number of nitrogens with one attached hydrogen (secondary N) is 1. The maximum atomic E-state index is 13.1. The zero-order chi connectivity index (χ0) is 10.6. The van der Waals surface area contributed by atoms with Gasteiger partial charge in [-0.2, -0.15) is 0 Å². The molecule has 0 bridgehead atoms. The van der Waals surface area contributed by atoms with E-state index < -0.39 is 11.6 Å². The van der Waals surface area contributed by atoms with Crippen LogP contribution in [0.2, 0.25) is 0 Å². The van der Waals surface area contributed by atoms with Crippen LogP contribution < -0.4 is 5.32 Å². The smallest absolute Gasteiger partial charge is 0.127 e. The fraction of sp³-hybridized carbons (Fsp3) is 0.200. The van der Waals surface area contributed by atoms with Crippen LogP contribution in [0.1, 0.15) is 5.56 Å². The Balaban J connectivity index is 2.57. The van der Waals surface area contributed by atoms with Gasteiger partial charge in [-0.1, -0.05) is 22.5 Å². The first-order valence-corrected chi connectivity index (χ1v) is 4.87. The number of hydrogen-bond acceptors (Lipinski definition) is 1. The Morgan fingerprint density at radius 2 is 2.14 bits per heavy atom. The highest BCUT2D eigenvalue weighted by Gasteiger charge is 2.02. The molecule has 0 spiro atoms. The van der Waals surface area contributed by atoms with Gasteiger partial charge in [0.05, 0.1) is 0 Å². The Labute approximate surface area is 90.0 Å². The third-order valence-electron chi connectivity index (χ3n) is 1.64. The normalized spacial score (nSPS) is 10.2. The molecule has 0 radical (unpaired) electrons. The van der Waals surface area contributed by atoms with E-state index in [1.807, 2.05) is 0 Å². The van der Waals surface area contributed by atoms with E-state index in [4.69, 9.17) is 0 Å². The zero-order valence-electron chi connectivity index (χ0n) is 7.49. The van der Waals surface area contributed by atoms with Gasteiger partial charge < -0.3 is 5.32 Å². The molecule has 1 aromatic rings. The van der Waals surface area contributed by atoms with Crippen LogP contribution in [0.4, 0.5) is 8.78 Å². The van der Waals surface area contributed by atoms with Crippen molar-refractivity contribution in [2.75, 3.05) is 6.54 Å². The van der Waals surface area contributed by atoms with Crippen molar-refractivity contribution in [3.8, 4) is 0 Å². The van der Waals surface area contributed by atoms with Crippen molar-refractivity contribution in [1.29, 1.82) is 0 Å². The van der Waals surface area contributed by atoms with Crippen LogP contribution in [0.3, 0.4) is 0 Å². The number of benzene rings is 1. The van der Waals surface area contributed by atoms with Crippen molar-refractivity contribution >= 4 is 15.9 Å². The summed E-state index contributed by atoms with van der Waals surface area (Å²) in [6.45, 7) is 4.42. The number of halogens is 3. The third kappa shape index (κ3) is 3.55. The van der Waals surface area contributed by atoms with E-state index in [9.17, 15) is 8.78 Å². The lowest BCUT2D eigenvalue weighted by atomic mass is 10.2. The van der Waals surface area contributed by atoms with Gasteiger partial charge in [-0.15, -0.1) is 0 Å². The Hall–Kier alpha value is -0.740. The second-order valence-corrected chi connectivity index (χ2v) is 3.98. The van der Waals surface area contributed by atoms with E-state index in [0.717, 1.165) is 16.6 Å². The molecule has 14 heavy (non-hydrogen) atoms. The van der Waals surface area contributed by atoms with Crippen molar-refractivity contribution in [2.45, 2.75) is 6.54 Å². The second kappa shape index (κ2) is 5.22. The maximum absolute atomic E-state index is 13.1. The molecule has 0 aliphatic carbocycles. The van der Waals surface area contributed by atoms with E-state index in [1.54, 1.807) is 0 Å². The van der Waals surface area contributed by atoms with Gasteiger partial charge in [0.25, 0.3) is 0 Å². The molecule has 4 heteroatoms. The van der Waals surface area contributed by atoms with Gasteiger partial charge in [-0.25, -0.2) is 8.78 Å². The Morgan fingerprint density at radius 3 is 2.79 bits per heavy atom. The predicted molar refractivity (Wildman–Crippen MR) is 56.1 cm³/mol. The zero-order valence-corrected chi connectivity index (χ0v) is 9.07. The molecule has 1 aromatic carbocycles. The largest absolute Gasteiger partial charge is 0.308 e. The fourth-order valence-corrected chi connectivity index (χ4v) is 1.21. The molecule has 0 heterocycles. The summed E-state index contributed by atoms with van der Waals surface area (Å²) in [4.78, 5) is 0. The molecule has 1 rings (SSSR count). The van der Waals surface area contributed by atoms with Crippen molar-refractivity contribution in [3.05, 3.63) is 46.5 Å². The molecule has 0 unspecified atom stereocenters. The molecule has 0 fully saturated rings. The van der Waals surface area contributed by atoms with E-state index in [1.165, 1.54) is 6.07 Å². The minimum absolute atomic E-state index is 0.286. The molecule has 1 nitrogen and oxygen atoms in total. The third-order valence-corrected chi connectivity index (χ3v) is 1.92. The van der Waals surface area contributed by atoms with E-state index in [2.05, 4.69) is 27.8 Å². The van der Waals surface area contributed by atoms with Crippen LogP contribution in [0.15, 0.2) is 29.3 Å². The molecule has 0 saturated carbocycles. The standard InChI is InChI=1S/C10H10BrF2N/c1-7(11)5-14-6-8-4-9(12)2-3-10(8)13/h2-4,14H,1,5-6H2. The first-order chi connectivity index (χ1) is 6.59. The summed E-state index contributed by atoms with van der Waals surface area (Å²) in [5, 5.41) is 2.92. The summed E-state index contributed by atoms with van der Waals surface area (Å²) in [6, 6.07) is 3.40. The van der Waals surface area contributed by atoms with Crippen LogP contribution >= 0.6 is 15.9 Å². The summed E-state index contributed by atoms with van der Waals surface area (Å²) in [5.74, 6) is -0.833. The highest BCUT2D eigenvalue weighted by Crippen LogP contribution is 2.09. The van der Waals surface area contributed by atoms with Crippen molar-refractivity contribution < 1.29 is 8.78 Å². The first-order valence-electron chi connectivity index (χ1n) is 4.07. The lowest BCUT2D eigenvalue weighted by Crippen LogP contribution is -2.15. The van der Waals surface area contributed by atoms with Gasteiger partial charge in [-0.3, -0.25) is 0 Å². The highest BCUT2D eigenvalue weighted by molar-refractivity contribution is 9.11. The summed E-state index contributed by atoms with van der Waals surface area (Å²) in [6.07, 6.45) is 0. The van der Waals surface area contributed by atoms with Crippen molar-refractivity contribution in [2.24, 2.45) is 0 Å². The molecule has 0 amide bonds. The Kier molecular flexibility index (Phi) is 4.22. The summed E-state index contributed by atoms with van der Waals surface area (Å²) in [5.41, 5.74) is 0.318. The molecule has 0 saturated heterocycles. The fourth-order valence-electron chi connectivity index (χ4n) is 1.01. The molecular formula is C10H10BrF2N. The van der Waals surface area contributed by atoms with Crippen molar-refractivity contribution in [1.82, 2.24) is 5.32 Å². The highest BCUT2D eigenvalue weighted by atomic mass is 79.9. The first kappa shape index (κ1) is 11.3. The lowest BCUT2D eigenvalue weighted by molar-refractivity contribution is 0.575. The monoisotopic (exact) mass is 261 g/mol. The second-order valence-electron chi connectivity index (χ2n) is 2.86. The van der Waals surface area contributed by atoms with Crippen LogP contribution in [-0.4, -0.2) is 6.54 Å². The van der Waals surface area contributed by atoms with Crippen LogP contribution in [0, 0.1) is 11.6 Å². The minimum atomic E-state index is -0.430. The van der Waals surface area contributed by atoms with Gasteiger partial charge in [0.15, 0.2) is 0 Å². The maximum Gasteiger partial charge on any atom is 0.127 e. The molecular weight excluding hydrogens is 252 g/mol. The van der Waals surface area contributed by atoms with E-state index >= 15 is 0 Å². The lowest BCUT2D eigenvalue weighted by Gasteiger charge is -2.04. The van der Waals surface area contributed by atoms with Gasteiger partial charge in [0, 0.05) is 23.1 Å². The number of rotatable bonds is 4. The summed E-state index contributed by atoms with van der Waals surface area (Å²) >= 11 is 3.16. The topological polar surface area (TPSA) is 12.0 Å². The van der Waals surface area contributed by atoms with Crippen LogP contribution in [-0.2, 0) is 6.54 Å². The number of hydrogen-bond donors (Lipinski definition) is 1. The van der Waals surface area contributed by atoms with Gasteiger partial charge in [0.1, 0.15) is 11.6 Å². The van der Waals surface area contributed by atoms with Gasteiger partial charge in [0.2, 0.25) is 0 Å². The summed E-state index contributed by atoms with van der Waals surface area (Å²) < 4.78 is 26.5. The SMILES string of the molecule is C=C(Br)CNCc1cc(F)ccc1F. The molecule has 0 atom stereocenters. The molecule has 76 valence electrons. The van der Waals surface area contributed by atoms with E-state index in [-0.39, 0.29) is 6.54 Å². The summed E-state index contributed by atoms with van der Waals surface area (Å²) in [7, 11) is 0. The molecule has 0 aliphatic heterocycles.